The third-order valence-electron chi connectivity index (χ3n) is 2.42. The maximum absolute atomic E-state index is 11.2. The van der Waals surface area contributed by atoms with Crippen LogP contribution in [0.25, 0.3) is 0 Å². The number of rotatable bonds is 4. The number of benzene rings is 1. The Hall–Kier alpha value is -2.21. The molecule has 0 radical (unpaired) electrons. The molecule has 0 saturated carbocycles. The molecule has 20 heavy (non-hydrogen) atoms. The number of hydrogen-bond acceptors (Lipinski definition) is 5. The maximum Gasteiger partial charge on any atom is 0.226 e. The number of carbonyl (C=O) groups is 1. The lowest BCUT2D eigenvalue weighted by molar-refractivity contribution is -0.114. The second kappa shape index (κ2) is 6.29. The molecule has 1 amide bonds. The molecular formula is C14H13NO4S. The molecule has 0 unspecified atom stereocenters. The van der Waals surface area contributed by atoms with Crippen LogP contribution in [0.3, 0.4) is 0 Å². The highest BCUT2D eigenvalue weighted by Gasteiger charge is 2.03. The predicted molar refractivity (Wildman–Crippen MR) is 76.9 cm³/mol. The van der Waals surface area contributed by atoms with Crippen LogP contribution in [-0.4, -0.2) is 11.0 Å². The maximum atomic E-state index is 11.2. The Morgan fingerprint density at radius 1 is 1.35 bits per heavy atom. The van der Waals surface area contributed by atoms with E-state index in [-0.39, 0.29) is 5.91 Å². The van der Waals surface area contributed by atoms with Gasteiger partial charge in [-0.2, -0.15) is 0 Å². The first-order valence-electron chi connectivity index (χ1n) is 5.86. The van der Waals surface area contributed by atoms with Gasteiger partial charge in [-0.1, -0.05) is 0 Å². The summed E-state index contributed by atoms with van der Waals surface area (Å²) in [6.07, 6.45) is 1.04. The van der Waals surface area contributed by atoms with Crippen molar-refractivity contribution in [3.05, 3.63) is 52.6 Å². The summed E-state index contributed by atoms with van der Waals surface area (Å²) in [6.45, 7) is 1.45. The van der Waals surface area contributed by atoms with E-state index < -0.39 is 11.2 Å². The SMILES string of the molecule is CC(=O)Nc1ccc(SCc2cc(=O)c(O)co2)cc1. The van der Waals surface area contributed by atoms with Crippen LogP contribution in [0.15, 0.2) is 50.7 Å². The van der Waals surface area contributed by atoms with Crippen LogP contribution in [0.1, 0.15) is 12.7 Å². The summed E-state index contributed by atoms with van der Waals surface area (Å²) in [6, 6.07) is 8.62. The van der Waals surface area contributed by atoms with Gasteiger partial charge in [0.2, 0.25) is 11.3 Å². The molecule has 0 saturated heterocycles. The van der Waals surface area contributed by atoms with Gasteiger partial charge in [-0.25, -0.2) is 0 Å². The molecule has 2 rings (SSSR count). The summed E-state index contributed by atoms with van der Waals surface area (Å²) in [5, 5.41) is 11.8. The molecule has 5 nitrogen and oxygen atoms in total. The molecule has 1 aromatic heterocycles. The predicted octanol–water partition coefficient (Wildman–Crippen LogP) is 2.60. The van der Waals surface area contributed by atoms with E-state index in [2.05, 4.69) is 5.32 Å². The van der Waals surface area contributed by atoms with E-state index in [1.54, 1.807) is 12.1 Å². The Morgan fingerprint density at radius 2 is 2.05 bits per heavy atom. The second-order valence-corrected chi connectivity index (χ2v) is 5.14. The highest BCUT2D eigenvalue weighted by molar-refractivity contribution is 7.98. The molecule has 2 N–H and O–H groups in total. The van der Waals surface area contributed by atoms with E-state index in [0.717, 1.165) is 16.8 Å². The van der Waals surface area contributed by atoms with Gasteiger partial charge in [0.05, 0.1) is 5.75 Å². The fraction of sp³-hybridized carbons (Fsp3) is 0.143. The monoisotopic (exact) mass is 291 g/mol. The van der Waals surface area contributed by atoms with E-state index in [0.29, 0.717) is 11.5 Å². The lowest BCUT2D eigenvalue weighted by atomic mass is 10.3. The van der Waals surface area contributed by atoms with Gasteiger partial charge in [-0.3, -0.25) is 9.59 Å². The topological polar surface area (TPSA) is 79.5 Å². The number of thioether (sulfide) groups is 1. The third kappa shape index (κ3) is 3.89. The van der Waals surface area contributed by atoms with Crippen molar-refractivity contribution >= 4 is 23.4 Å². The van der Waals surface area contributed by atoms with Gasteiger partial charge < -0.3 is 14.8 Å². The molecule has 1 heterocycles. The largest absolute Gasteiger partial charge is 0.502 e. The van der Waals surface area contributed by atoms with Crippen LogP contribution in [-0.2, 0) is 10.5 Å². The summed E-state index contributed by atoms with van der Waals surface area (Å²) >= 11 is 1.49. The number of amides is 1. The molecule has 6 heteroatoms. The molecule has 0 bridgehead atoms. The van der Waals surface area contributed by atoms with Crippen LogP contribution in [0.5, 0.6) is 5.75 Å². The van der Waals surface area contributed by atoms with Crippen molar-refractivity contribution in [3.63, 3.8) is 0 Å². The highest BCUT2D eigenvalue weighted by atomic mass is 32.2. The number of aromatic hydroxyl groups is 1. The van der Waals surface area contributed by atoms with E-state index in [4.69, 9.17) is 9.52 Å². The third-order valence-corrected chi connectivity index (χ3v) is 3.46. The van der Waals surface area contributed by atoms with Crippen molar-refractivity contribution in [1.82, 2.24) is 0 Å². The van der Waals surface area contributed by atoms with Gasteiger partial charge in [0.15, 0.2) is 5.75 Å². The van der Waals surface area contributed by atoms with Crippen LogP contribution in [0.2, 0.25) is 0 Å². The molecule has 0 fully saturated rings. The standard InChI is InChI=1S/C14H13NO4S/c1-9(16)15-10-2-4-12(5-3-10)20-8-11-6-13(17)14(18)7-19-11/h2-7,18H,8H2,1H3,(H,15,16). The van der Waals surface area contributed by atoms with Gasteiger partial charge in [0.25, 0.3) is 0 Å². The summed E-state index contributed by atoms with van der Waals surface area (Å²) < 4.78 is 5.11. The van der Waals surface area contributed by atoms with Crippen LogP contribution < -0.4 is 10.7 Å². The second-order valence-electron chi connectivity index (χ2n) is 4.09. The van der Waals surface area contributed by atoms with E-state index >= 15 is 0 Å². The molecule has 2 aromatic rings. The Kier molecular flexibility index (Phi) is 4.47. The van der Waals surface area contributed by atoms with Crippen molar-refractivity contribution in [1.29, 1.82) is 0 Å². The number of nitrogens with one attached hydrogen (secondary N) is 1. The van der Waals surface area contributed by atoms with E-state index in [1.807, 2.05) is 12.1 Å². The quantitative estimate of drug-likeness (QED) is 0.846. The van der Waals surface area contributed by atoms with Crippen molar-refractivity contribution in [2.75, 3.05) is 5.32 Å². The molecule has 104 valence electrons. The van der Waals surface area contributed by atoms with Crippen molar-refractivity contribution in [3.8, 4) is 5.75 Å². The zero-order valence-electron chi connectivity index (χ0n) is 10.8. The summed E-state index contributed by atoms with van der Waals surface area (Å²) in [4.78, 5) is 23.1. The number of hydrogen-bond donors (Lipinski definition) is 2. The Labute approximate surface area is 119 Å². The van der Waals surface area contributed by atoms with Crippen LogP contribution >= 0.6 is 11.8 Å². The van der Waals surface area contributed by atoms with Gasteiger partial charge in [0, 0.05) is 23.6 Å². The lowest BCUT2D eigenvalue weighted by Gasteiger charge is -2.04. The summed E-state index contributed by atoms with van der Waals surface area (Å²) in [5.74, 6) is 0.466. The average Bonchev–Trinajstić information content (AvgIpc) is 2.41. The van der Waals surface area contributed by atoms with Gasteiger partial charge in [-0.15, -0.1) is 11.8 Å². The molecule has 0 spiro atoms. The van der Waals surface area contributed by atoms with Crippen molar-refractivity contribution in [2.24, 2.45) is 0 Å². The minimum Gasteiger partial charge on any atom is -0.502 e. The molecule has 0 aliphatic heterocycles. The fourth-order valence-electron chi connectivity index (χ4n) is 1.51. The average molecular weight is 291 g/mol. The number of carbonyl (C=O) groups excluding carboxylic acids is 1. The molecule has 0 aliphatic rings. The first-order valence-corrected chi connectivity index (χ1v) is 6.84. The van der Waals surface area contributed by atoms with Gasteiger partial charge in [0.1, 0.15) is 12.0 Å². The Morgan fingerprint density at radius 3 is 2.65 bits per heavy atom. The molecule has 0 aliphatic carbocycles. The number of anilines is 1. The van der Waals surface area contributed by atoms with Crippen molar-refractivity contribution < 1.29 is 14.3 Å². The van der Waals surface area contributed by atoms with E-state index in [1.165, 1.54) is 24.8 Å². The summed E-state index contributed by atoms with van der Waals surface area (Å²) in [7, 11) is 0. The normalized spacial score (nSPS) is 10.2. The van der Waals surface area contributed by atoms with Gasteiger partial charge in [-0.05, 0) is 24.3 Å². The minimum absolute atomic E-state index is 0.115. The Balaban J connectivity index is 1.98. The molecule has 0 atom stereocenters. The molecular weight excluding hydrogens is 278 g/mol. The first-order chi connectivity index (χ1) is 9.54. The first kappa shape index (κ1) is 14.2. The smallest absolute Gasteiger partial charge is 0.226 e. The fourth-order valence-corrected chi connectivity index (χ4v) is 2.30. The highest BCUT2D eigenvalue weighted by Crippen LogP contribution is 2.24. The van der Waals surface area contributed by atoms with Gasteiger partial charge >= 0.3 is 0 Å². The minimum atomic E-state index is -0.451. The zero-order valence-corrected chi connectivity index (χ0v) is 11.6. The Bertz CT molecular complexity index is 664. The lowest BCUT2D eigenvalue weighted by Crippen LogP contribution is -2.05. The summed E-state index contributed by atoms with van der Waals surface area (Å²) in [5.41, 5.74) is 0.283. The van der Waals surface area contributed by atoms with Crippen LogP contribution in [0, 0.1) is 0 Å². The van der Waals surface area contributed by atoms with Crippen LogP contribution in [0.4, 0.5) is 5.69 Å². The molecule has 1 aromatic carbocycles. The zero-order chi connectivity index (χ0) is 14.5. The van der Waals surface area contributed by atoms with E-state index in [9.17, 15) is 9.59 Å². The van der Waals surface area contributed by atoms with Crippen molar-refractivity contribution in [2.45, 2.75) is 17.6 Å².